The van der Waals surface area contributed by atoms with E-state index in [4.69, 9.17) is 4.74 Å². The number of aryl methyl sites for hydroxylation is 2. The zero-order chi connectivity index (χ0) is 14.7. The van der Waals surface area contributed by atoms with Gasteiger partial charge in [0.2, 0.25) is 0 Å². The van der Waals surface area contributed by atoms with Crippen LogP contribution < -0.4 is 10.4 Å². The molecule has 0 saturated carbocycles. The van der Waals surface area contributed by atoms with Crippen molar-refractivity contribution < 1.29 is 4.74 Å². The molecule has 1 N–H and O–H groups in total. The lowest BCUT2D eigenvalue weighted by molar-refractivity contribution is 0.301. The summed E-state index contributed by atoms with van der Waals surface area (Å²) in [5.41, 5.74) is 1.73. The molecule has 0 saturated heterocycles. The number of aromatic amines is 1. The fraction of sp³-hybridized carbons (Fsp3) is 0.333. The van der Waals surface area contributed by atoms with Crippen molar-refractivity contribution in [3.63, 3.8) is 0 Å². The molecule has 110 valence electrons. The van der Waals surface area contributed by atoms with Crippen LogP contribution in [-0.4, -0.2) is 25.9 Å². The van der Waals surface area contributed by atoms with Gasteiger partial charge in [0.05, 0.1) is 30.0 Å². The van der Waals surface area contributed by atoms with Gasteiger partial charge in [-0.25, -0.2) is 4.79 Å². The molecule has 1 aromatic carbocycles. The van der Waals surface area contributed by atoms with E-state index in [-0.39, 0.29) is 5.69 Å². The van der Waals surface area contributed by atoms with Gasteiger partial charge in [-0.1, -0.05) is 12.1 Å². The highest BCUT2D eigenvalue weighted by Gasteiger charge is 2.05. The summed E-state index contributed by atoms with van der Waals surface area (Å²) in [4.78, 5) is 14.7. The smallest absolute Gasteiger partial charge is 0.326 e. The average Bonchev–Trinajstić information content (AvgIpc) is 3.08. The highest BCUT2D eigenvalue weighted by atomic mass is 16.5. The molecule has 0 aliphatic rings. The van der Waals surface area contributed by atoms with Gasteiger partial charge in [-0.2, -0.15) is 5.10 Å². The highest BCUT2D eigenvalue weighted by molar-refractivity contribution is 5.74. The molecule has 21 heavy (non-hydrogen) atoms. The third-order valence-electron chi connectivity index (χ3n) is 3.41. The Morgan fingerprint density at radius 2 is 2.19 bits per heavy atom. The molecule has 0 fully saturated rings. The zero-order valence-electron chi connectivity index (χ0n) is 12.0. The second kappa shape index (κ2) is 5.87. The lowest BCUT2D eigenvalue weighted by Gasteiger charge is -2.05. The summed E-state index contributed by atoms with van der Waals surface area (Å²) in [6, 6.07) is 7.70. The van der Waals surface area contributed by atoms with E-state index in [0.717, 1.165) is 29.7 Å². The third kappa shape index (κ3) is 2.84. The molecule has 0 unspecified atom stereocenters. The number of H-pyrrole nitrogens is 1. The summed E-state index contributed by atoms with van der Waals surface area (Å²) in [5, 5.41) is 4.15. The summed E-state index contributed by atoms with van der Waals surface area (Å²) in [6.07, 6.45) is 4.35. The summed E-state index contributed by atoms with van der Waals surface area (Å²) in [5.74, 6) is 0.767. The van der Waals surface area contributed by atoms with Crippen molar-refractivity contribution >= 4 is 11.0 Å². The summed E-state index contributed by atoms with van der Waals surface area (Å²) >= 11 is 0. The summed E-state index contributed by atoms with van der Waals surface area (Å²) in [7, 11) is 0. The first-order chi connectivity index (χ1) is 10.3. The van der Waals surface area contributed by atoms with Crippen LogP contribution in [0.3, 0.4) is 0 Å². The molecule has 6 nitrogen and oxygen atoms in total. The first kappa shape index (κ1) is 13.5. The monoisotopic (exact) mass is 286 g/mol. The maximum Gasteiger partial charge on any atom is 0.326 e. The number of hydrogen-bond donors (Lipinski definition) is 1. The fourth-order valence-electron chi connectivity index (χ4n) is 2.33. The van der Waals surface area contributed by atoms with Crippen molar-refractivity contribution in [3.8, 4) is 5.75 Å². The molecule has 0 amide bonds. The minimum atomic E-state index is -0.0741. The molecule has 3 rings (SSSR count). The minimum absolute atomic E-state index is 0.0741. The van der Waals surface area contributed by atoms with E-state index in [0.29, 0.717) is 13.2 Å². The molecule has 3 aromatic rings. The van der Waals surface area contributed by atoms with Crippen LogP contribution >= 0.6 is 0 Å². The Labute approximate surface area is 122 Å². The Morgan fingerprint density at radius 1 is 1.33 bits per heavy atom. The van der Waals surface area contributed by atoms with E-state index in [1.807, 2.05) is 42.1 Å². The number of ether oxygens (including phenoxy) is 1. The molecule has 2 heterocycles. The van der Waals surface area contributed by atoms with E-state index in [9.17, 15) is 4.79 Å². The Kier molecular flexibility index (Phi) is 3.77. The topological polar surface area (TPSA) is 64.8 Å². The molecular formula is C15H18N4O2. The number of para-hydroxylation sites is 2. The number of aromatic nitrogens is 4. The van der Waals surface area contributed by atoms with Crippen LogP contribution in [-0.2, 0) is 13.1 Å². The van der Waals surface area contributed by atoms with Gasteiger partial charge < -0.3 is 9.72 Å². The first-order valence-corrected chi connectivity index (χ1v) is 7.10. The molecule has 0 spiro atoms. The fourth-order valence-corrected chi connectivity index (χ4v) is 2.33. The lowest BCUT2D eigenvalue weighted by Crippen LogP contribution is -2.18. The Balaban J connectivity index is 1.59. The highest BCUT2D eigenvalue weighted by Crippen LogP contribution is 2.11. The molecule has 2 aromatic heterocycles. The summed E-state index contributed by atoms with van der Waals surface area (Å²) < 4.78 is 9.19. The van der Waals surface area contributed by atoms with Gasteiger partial charge in [-0.15, -0.1) is 0 Å². The van der Waals surface area contributed by atoms with Crippen LogP contribution in [0, 0.1) is 0 Å². The van der Waals surface area contributed by atoms with Gasteiger partial charge in [0.25, 0.3) is 0 Å². The maximum absolute atomic E-state index is 11.9. The summed E-state index contributed by atoms with van der Waals surface area (Å²) in [6.45, 7) is 4.04. The van der Waals surface area contributed by atoms with Gasteiger partial charge in [0, 0.05) is 13.1 Å². The van der Waals surface area contributed by atoms with E-state index >= 15 is 0 Å². The van der Waals surface area contributed by atoms with Crippen LogP contribution in [0.4, 0.5) is 0 Å². The number of benzene rings is 1. The van der Waals surface area contributed by atoms with Gasteiger partial charge in [0.1, 0.15) is 0 Å². The molecule has 0 atom stereocenters. The molecular weight excluding hydrogens is 268 g/mol. The van der Waals surface area contributed by atoms with Crippen LogP contribution in [0.5, 0.6) is 5.75 Å². The number of nitrogens with zero attached hydrogens (tertiary/aromatic N) is 3. The predicted molar refractivity (Wildman–Crippen MR) is 80.6 cm³/mol. The normalized spacial score (nSPS) is 11.1. The second-order valence-corrected chi connectivity index (χ2v) is 4.83. The molecule has 0 aliphatic carbocycles. The number of hydrogen-bond acceptors (Lipinski definition) is 3. The maximum atomic E-state index is 11.9. The first-order valence-electron chi connectivity index (χ1n) is 7.10. The zero-order valence-corrected chi connectivity index (χ0v) is 12.0. The Bertz CT molecular complexity index is 784. The number of imidazole rings is 1. The average molecular weight is 286 g/mol. The van der Waals surface area contributed by atoms with E-state index in [1.165, 1.54) is 0 Å². The standard InChI is InChI=1S/C15H18N4O2/c1-2-18-11-12(10-16-18)21-9-5-8-19-14-7-4-3-6-13(14)17-15(19)20/h3-4,6-7,10-11H,2,5,8-9H2,1H3,(H,17,20). The number of fused-ring (bicyclic) bond motifs is 1. The SMILES string of the molecule is CCn1cc(OCCCn2c(=O)[nH]c3ccccc32)cn1. The van der Waals surface area contributed by atoms with Crippen molar-refractivity contribution in [2.45, 2.75) is 26.4 Å². The Morgan fingerprint density at radius 3 is 3.00 bits per heavy atom. The van der Waals surface area contributed by atoms with Crippen LogP contribution in [0.2, 0.25) is 0 Å². The van der Waals surface area contributed by atoms with Gasteiger partial charge in [-0.05, 0) is 25.5 Å². The number of rotatable bonds is 6. The quantitative estimate of drug-likeness (QED) is 0.705. The van der Waals surface area contributed by atoms with E-state index < -0.39 is 0 Å². The lowest BCUT2D eigenvalue weighted by atomic mass is 10.3. The van der Waals surface area contributed by atoms with E-state index in [1.54, 1.807) is 10.8 Å². The van der Waals surface area contributed by atoms with Crippen molar-refractivity contribution in [1.82, 2.24) is 19.3 Å². The largest absolute Gasteiger partial charge is 0.490 e. The molecule has 0 radical (unpaired) electrons. The van der Waals surface area contributed by atoms with Crippen LogP contribution in [0.15, 0.2) is 41.5 Å². The van der Waals surface area contributed by atoms with Crippen molar-refractivity contribution in [2.24, 2.45) is 0 Å². The second-order valence-electron chi connectivity index (χ2n) is 4.83. The minimum Gasteiger partial charge on any atom is -0.490 e. The van der Waals surface area contributed by atoms with Gasteiger partial charge >= 0.3 is 5.69 Å². The van der Waals surface area contributed by atoms with Crippen LogP contribution in [0.1, 0.15) is 13.3 Å². The molecule has 0 aliphatic heterocycles. The molecule has 0 bridgehead atoms. The van der Waals surface area contributed by atoms with Crippen molar-refractivity contribution in [1.29, 1.82) is 0 Å². The van der Waals surface area contributed by atoms with E-state index in [2.05, 4.69) is 10.1 Å². The number of nitrogens with one attached hydrogen (secondary N) is 1. The predicted octanol–water partition coefficient (Wildman–Crippen LogP) is 2.02. The van der Waals surface area contributed by atoms with Crippen LogP contribution in [0.25, 0.3) is 11.0 Å². The third-order valence-corrected chi connectivity index (χ3v) is 3.41. The van der Waals surface area contributed by atoms with Gasteiger partial charge in [0.15, 0.2) is 5.75 Å². The van der Waals surface area contributed by atoms with Gasteiger partial charge in [-0.3, -0.25) is 9.25 Å². The van der Waals surface area contributed by atoms with Crippen molar-refractivity contribution in [3.05, 3.63) is 47.1 Å². The Hall–Kier alpha value is -2.50. The van der Waals surface area contributed by atoms with Crippen molar-refractivity contribution in [2.75, 3.05) is 6.61 Å². The molecule has 6 heteroatoms.